The van der Waals surface area contributed by atoms with E-state index in [9.17, 15) is 23.1 Å². The van der Waals surface area contributed by atoms with Gasteiger partial charge in [0.1, 0.15) is 5.75 Å². The normalized spacial score (nSPS) is 20.3. The number of aliphatic carboxylic acids is 1. The number of hydrogen-bond donors (Lipinski definition) is 1. The van der Waals surface area contributed by atoms with Crippen molar-refractivity contribution in [3.05, 3.63) is 70.8 Å². The van der Waals surface area contributed by atoms with Crippen LogP contribution in [0.5, 0.6) is 5.75 Å². The highest BCUT2D eigenvalue weighted by molar-refractivity contribution is 5.96. The Morgan fingerprint density at radius 1 is 1.15 bits per heavy atom. The Kier molecular flexibility index (Phi) is 4.76. The second kappa shape index (κ2) is 6.76. The van der Waals surface area contributed by atoms with Gasteiger partial charge in [0.2, 0.25) is 5.60 Å². The summed E-state index contributed by atoms with van der Waals surface area (Å²) >= 11 is 0. The Morgan fingerprint density at radius 3 is 2.37 bits per heavy atom. The number of fused-ring (bicyclic) bond motifs is 1. The van der Waals surface area contributed by atoms with Crippen LogP contribution in [0.15, 0.2) is 54.1 Å². The molecule has 0 amide bonds. The zero-order chi connectivity index (χ0) is 19.8. The van der Waals surface area contributed by atoms with E-state index in [-0.39, 0.29) is 11.7 Å². The number of carbonyl (C=O) groups is 1. The molecule has 1 aliphatic rings. The number of alkyl halides is 3. The Bertz CT molecular complexity index is 887. The number of halogens is 3. The van der Waals surface area contributed by atoms with Gasteiger partial charge in [-0.3, -0.25) is 0 Å². The lowest BCUT2D eigenvalue weighted by atomic mass is 9.84. The van der Waals surface area contributed by atoms with Crippen LogP contribution in [0.4, 0.5) is 13.2 Å². The highest BCUT2D eigenvalue weighted by Crippen LogP contribution is 2.47. The molecule has 2 aromatic carbocycles. The van der Waals surface area contributed by atoms with Gasteiger partial charge in [-0.2, -0.15) is 13.2 Å². The lowest BCUT2D eigenvalue weighted by Crippen LogP contribution is -2.54. The van der Waals surface area contributed by atoms with Crippen molar-refractivity contribution < 1.29 is 27.8 Å². The molecule has 3 rings (SSSR count). The second-order valence-electron chi connectivity index (χ2n) is 6.57. The molecule has 3 nitrogen and oxygen atoms in total. The van der Waals surface area contributed by atoms with E-state index in [1.165, 1.54) is 6.92 Å². The number of hydrogen-bond acceptors (Lipinski definition) is 2. The molecule has 2 atom stereocenters. The van der Waals surface area contributed by atoms with Crippen molar-refractivity contribution in [1.29, 1.82) is 0 Å². The van der Waals surface area contributed by atoms with E-state index in [2.05, 4.69) is 0 Å². The molecule has 1 aliphatic heterocycles. The Labute approximate surface area is 155 Å². The van der Waals surface area contributed by atoms with Crippen LogP contribution in [0.1, 0.15) is 42.9 Å². The third-order valence-electron chi connectivity index (χ3n) is 5.04. The summed E-state index contributed by atoms with van der Waals surface area (Å²) in [6, 6.07) is 14.5. The van der Waals surface area contributed by atoms with Gasteiger partial charge in [0.05, 0.1) is 5.57 Å². The maximum atomic E-state index is 13.8. The van der Waals surface area contributed by atoms with Crippen molar-refractivity contribution in [2.75, 3.05) is 0 Å². The minimum atomic E-state index is -4.86. The van der Waals surface area contributed by atoms with Crippen LogP contribution >= 0.6 is 0 Å². The Balaban J connectivity index is 2.09. The summed E-state index contributed by atoms with van der Waals surface area (Å²) in [6.07, 6.45) is -4.33. The van der Waals surface area contributed by atoms with Gasteiger partial charge < -0.3 is 9.84 Å². The second-order valence-corrected chi connectivity index (χ2v) is 6.57. The average Bonchev–Trinajstić information content (AvgIpc) is 2.65. The number of ether oxygens (including phenoxy) is 1. The van der Waals surface area contributed by atoms with Gasteiger partial charge in [-0.25, -0.2) is 4.79 Å². The largest absolute Gasteiger partial charge is 0.478 e. The number of carboxylic acid groups (broad SMARTS) is 1. The molecule has 1 N–H and O–H groups in total. The molecular weight excluding hydrogens is 357 g/mol. The molecule has 6 heteroatoms. The standard InChI is InChI=1S/C21H19F3O3/c1-3-20(21(22,23)24)17(19(25)26)11-16-10-9-15(12-18(16)27-20)13(2)14-7-5-4-6-8-14/h4-13H,3H2,1-2H3,(H,25,26). The Morgan fingerprint density at radius 2 is 1.81 bits per heavy atom. The van der Waals surface area contributed by atoms with Gasteiger partial charge in [-0.15, -0.1) is 0 Å². The van der Waals surface area contributed by atoms with E-state index in [4.69, 9.17) is 4.74 Å². The monoisotopic (exact) mass is 376 g/mol. The summed E-state index contributed by atoms with van der Waals surface area (Å²) in [6.45, 7) is 3.22. The van der Waals surface area contributed by atoms with Gasteiger partial charge in [-0.05, 0) is 29.7 Å². The van der Waals surface area contributed by atoms with Crippen LogP contribution in [-0.2, 0) is 4.79 Å². The minimum Gasteiger partial charge on any atom is -0.478 e. The van der Waals surface area contributed by atoms with Crippen molar-refractivity contribution >= 4 is 12.0 Å². The topological polar surface area (TPSA) is 46.5 Å². The predicted molar refractivity (Wildman–Crippen MR) is 95.7 cm³/mol. The number of carboxylic acids is 1. The molecule has 0 saturated heterocycles. The molecule has 0 saturated carbocycles. The highest BCUT2D eigenvalue weighted by atomic mass is 19.4. The van der Waals surface area contributed by atoms with Crippen LogP contribution in [0.3, 0.4) is 0 Å². The van der Waals surface area contributed by atoms with Crippen molar-refractivity contribution in [2.24, 2.45) is 0 Å². The van der Waals surface area contributed by atoms with E-state index in [1.807, 2.05) is 37.3 Å². The van der Waals surface area contributed by atoms with Gasteiger partial charge in [0.25, 0.3) is 0 Å². The highest BCUT2D eigenvalue weighted by Gasteiger charge is 2.61. The molecule has 2 aromatic rings. The van der Waals surface area contributed by atoms with E-state index in [1.54, 1.807) is 18.2 Å². The molecule has 0 spiro atoms. The lowest BCUT2D eigenvalue weighted by Gasteiger charge is -2.39. The summed E-state index contributed by atoms with van der Waals surface area (Å²) in [4.78, 5) is 11.5. The lowest BCUT2D eigenvalue weighted by molar-refractivity contribution is -0.236. The zero-order valence-corrected chi connectivity index (χ0v) is 14.9. The first-order valence-corrected chi connectivity index (χ1v) is 8.59. The fraction of sp³-hybridized carbons (Fsp3) is 0.286. The molecule has 0 bridgehead atoms. The molecule has 27 heavy (non-hydrogen) atoms. The van der Waals surface area contributed by atoms with Crippen molar-refractivity contribution in [2.45, 2.75) is 38.0 Å². The molecule has 1 heterocycles. The number of rotatable bonds is 4. The van der Waals surface area contributed by atoms with Gasteiger partial charge >= 0.3 is 12.1 Å². The molecular formula is C21H19F3O3. The van der Waals surface area contributed by atoms with E-state index >= 15 is 0 Å². The van der Waals surface area contributed by atoms with Crippen molar-refractivity contribution in [1.82, 2.24) is 0 Å². The third kappa shape index (κ3) is 3.20. The summed E-state index contributed by atoms with van der Waals surface area (Å²) in [7, 11) is 0. The van der Waals surface area contributed by atoms with Crippen LogP contribution < -0.4 is 4.74 Å². The van der Waals surface area contributed by atoms with E-state index < -0.39 is 29.7 Å². The SMILES string of the molecule is CCC1(C(F)(F)F)Oc2cc(C(C)c3ccccc3)ccc2C=C1C(=O)O. The summed E-state index contributed by atoms with van der Waals surface area (Å²) in [5, 5.41) is 9.34. The first-order chi connectivity index (χ1) is 12.7. The minimum absolute atomic E-state index is 0.0412. The summed E-state index contributed by atoms with van der Waals surface area (Å²) in [5.41, 5.74) is -1.52. The van der Waals surface area contributed by atoms with Crippen LogP contribution in [0.2, 0.25) is 0 Å². The molecule has 0 fully saturated rings. The summed E-state index contributed by atoms with van der Waals surface area (Å²) in [5.74, 6) is -1.65. The molecule has 0 aromatic heterocycles. The molecule has 2 unspecified atom stereocenters. The van der Waals surface area contributed by atoms with Crippen LogP contribution in [0.25, 0.3) is 6.08 Å². The van der Waals surface area contributed by atoms with E-state index in [0.717, 1.165) is 17.2 Å². The predicted octanol–water partition coefficient (Wildman–Crippen LogP) is 5.41. The molecule has 0 radical (unpaired) electrons. The quantitative estimate of drug-likeness (QED) is 0.776. The first-order valence-electron chi connectivity index (χ1n) is 8.59. The average molecular weight is 376 g/mol. The first kappa shape index (κ1) is 19.0. The third-order valence-corrected chi connectivity index (χ3v) is 5.04. The van der Waals surface area contributed by atoms with Crippen molar-refractivity contribution in [3.63, 3.8) is 0 Å². The van der Waals surface area contributed by atoms with Crippen LogP contribution in [0, 0.1) is 0 Å². The zero-order valence-electron chi connectivity index (χ0n) is 14.9. The van der Waals surface area contributed by atoms with Gasteiger partial charge in [-0.1, -0.05) is 56.3 Å². The van der Waals surface area contributed by atoms with Gasteiger partial charge in [0, 0.05) is 11.5 Å². The van der Waals surface area contributed by atoms with E-state index in [0.29, 0.717) is 5.56 Å². The van der Waals surface area contributed by atoms with Crippen LogP contribution in [-0.4, -0.2) is 22.9 Å². The maximum absolute atomic E-state index is 13.8. The number of benzene rings is 2. The fourth-order valence-corrected chi connectivity index (χ4v) is 3.38. The maximum Gasteiger partial charge on any atom is 0.432 e. The Hall–Kier alpha value is -2.76. The summed E-state index contributed by atoms with van der Waals surface area (Å²) < 4.78 is 46.7. The molecule has 142 valence electrons. The smallest absolute Gasteiger partial charge is 0.432 e. The molecule has 0 aliphatic carbocycles. The van der Waals surface area contributed by atoms with Crippen molar-refractivity contribution in [3.8, 4) is 5.75 Å². The van der Waals surface area contributed by atoms with Gasteiger partial charge in [0.15, 0.2) is 0 Å². The fourth-order valence-electron chi connectivity index (χ4n) is 3.38.